The maximum Gasteiger partial charge on any atom is 0.169 e. The van der Waals surface area contributed by atoms with Gasteiger partial charge >= 0.3 is 0 Å². The number of carbonyl (C=O) groups is 1. The average Bonchev–Trinajstić information content (AvgIpc) is 2.41. The Labute approximate surface area is 118 Å². The van der Waals surface area contributed by atoms with E-state index in [-0.39, 0.29) is 28.8 Å². The van der Waals surface area contributed by atoms with Gasteiger partial charge in [0.2, 0.25) is 0 Å². The van der Waals surface area contributed by atoms with Crippen molar-refractivity contribution in [1.82, 2.24) is 4.90 Å². The van der Waals surface area contributed by atoms with Gasteiger partial charge in [0.15, 0.2) is 15.6 Å². The minimum atomic E-state index is -2.92. The number of nitrogens with zero attached hydrogens (tertiary/aromatic N) is 1. The molecule has 0 amide bonds. The second kappa shape index (κ2) is 6.01. The van der Waals surface area contributed by atoms with E-state index in [0.717, 1.165) is 0 Å². The van der Waals surface area contributed by atoms with Gasteiger partial charge < -0.3 is 4.90 Å². The van der Waals surface area contributed by atoms with Crippen molar-refractivity contribution in [1.29, 1.82) is 0 Å². The molecule has 1 saturated heterocycles. The molecule has 2 rings (SSSR count). The van der Waals surface area contributed by atoms with Crippen molar-refractivity contribution in [2.24, 2.45) is 5.92 Å². The molecule has 0 aromatic heterocycles. The van der Waals surface area contributed by atoms with Crippen molar-refractivity contribution >= 4 is 15.6 Å². The first-order valence-electron chi connectivity index (χ1n) is 6.60. The molecule has 1 unspecified atom stereocenters. The number of Topliss-reactive ketones (excluding diaryl/α,β-unsaturated/α-hetero) is 1. The Kier molecular flexibility index (Phi) is 4.55. The summed E-state index contributed by atoms with van der Waals surface area (Å²) >= 11 is 0. The maximum atomic E-state index is 13.6. The highest BCUT2D eigenvalue weighted by molar-refractivity contribution is 7.91. The molecule has 0 spiro atoms. The van der Waals surface area contributed by atoms with E-state index in [1.165, 1.54) is 12.1 Å². The molecule has 0 saturated carbocycles. The highest BCUT2D eigenvalue weighted by Gasteiger charge is 2.25. The molecular weight excluding hydrogens is 281 g/mol. The summed E-state index contributed by atoms with van der Waals surface area (Å²) < 4.78 is 36.2. The molecule has 1 aromatic rings. The molecule has 0 bridgehead atoms. The molecule has 110 valence electrons. The highest BCUT2D eigenvalue weighted by atomic mass is 32.2. The predicted molar refractivity (Wildman–Crippen MR) is 75.0 cm³/mol. The first-order chi connectivity index (χ1) is 9.39. The van der Waals surface area contributed by atoms with Gasteiger partial charge in [-0.15, -0.1) is 0 Å². The summed E-state index contributed by atoms with van der Waals surface area (Å²) in [4.78, 5) is 14.1. The Balaban J connectivity index is 1.97. The van der Waals surface area contributed by atoms with Gasteiger partial charge in [0.1, 0.15) is 5.82 Å². The highest BCUT2D eigenvalue weighted by Crippen LogP contribution is 2.15. The summed E-state index contributed by atoms with van der Waals surface area (Å²) in [7, 11) is -2.92. The normalized spacial score (nSPS) is 20.5. The van der Waals surface area contributed by atoms with Gasteiger partial charge in [0.05, 0.1) is 17.1 Å². The molecule has 4 nitrogen and oxygen atoms in total. The lowest BCUT2D eigenvalue weighted by atomic mass is 9.98. The lowest BCUT2D eigenvalue weighted by Gasteiger charge is -2.28. The van der Waals surface area contributed by atoms with Crippen LogP contribution in [0.3, 0.4) is 0 Å². The number of carbonyl (C=O) groups excluding carboxylic acids is 1. The van der Waals surface area contributed by atoms with Gasteiger partial charge in [0, 0.05) is 25.6 Å². The molecule has 0 aliphatic carbocycles. The number of benzene rings is 1. The van der Waals surface area contributed by atoms with Crippen LogP contribution in [0.1, 0.15) is 17.3 Å². The monoisotopic (exact) mass is 299 g/mol. The summed E-state index contributed by atoms with van der Waals surface area (Å²) in [5, 5.41) is 0. The van der Waals surface area contributed by atoms with Crippen molar-refractivity contribution in [3.05, 3.63) is 35.6 Å². The van der Waals surface area contributed by atoms with Crippen LogP contribution >= 0.6 is 0 Å². The Hall–Kier alpha value is -1.27. The molecule has 1 aromatic carbocycles. The van der Waals surface area contributed by atoms with Crippen LogP contribution in [0, 0.1) is 11.7 Å². The van der Waals surface area contributed by atoms with Crippen molar-refractivity contribution in [2.75, 3.05) is 31.1 Å². The van der Waals surface area contributed by atoms with Crippen molar-refractivity contribution in [3.63, 3.8) is 0 Å². The van der Waals surface area contributed by atoms with E-state index >= 15 is 0 Å². The Morgan fingerprint density at radius 3 is 2.50 bits per heavy atom. The molecule has 1 fully saturated rings. The molecule has 0 radical (unpaired) electrons. The van der Waals surface area contributed by atoms with Crippen LogP contribution in [0.15, 0.2) is 24.3 Å². The number of hydrogen-bond donors (Lipinski definition) is 0. The maximum absolute atomic E-state index is 13.6. The van der Waals surface area contributed by atoms with Crippen LogP contribution in [-0.4, -0.2) is 50.2 Å². The minimum absolute atomic E-state index is 0.102. The Bertz CT molecular complexity index is 586. The van der Waals surface area contributed by atoms with E-state index in [9.17, 15) is 17.6 Å². The molecule has 20 heavy (non-hydrogen) atoms. The van der Waals surface area contributed by atoms with Crippen molar-refractivity contribution in [3.8, 4) is 0 Å². The van der Waals surface area contributed by atoms with Crippen LogP contribution in [-0.2, 0) is 9.84 Å². The largest absolute Gasteiger partial charge is 0.301 e. The Morgan fingerprint density at radius 1 is 1.30 bits per heavy atom. The smallest absolute Gasteiger partial charge is 0.169 e. The molecular formula is C14H18FNO3S. The first kappa shape index (κ1) is 15.1. The van der Waals surface area contributed by atoms with E-state index in [1.807, 2.05) is 4.90 Å². The average molecular weight is 299 g/mol. The van der Waals surface area contributed by atoms with E-state index in [0.29, 0.717) is 19.6 Å². The summed E-state index contributed by atoms with van der Waals surface area (Å²) in [6, 6.07) is 5.94. The fourth-order valence-electron chi connectivity index (χ4n) is 2.33. The second-order valence-corrected chi connectivity index (χ2v) is 7.50. The summed E-state index contributed by atoms with van der Waals surface area (Å²) in [5.74, 6) is -0.837. The number of ketones is 1. The Morgan fingerprint density at radius 2 is 1.90 bits per heavy atom. The van der Waals surface area contributed by atoms with E-state index in [2.05, 4.69) is 0 Å². The summed E-state index contributed by atoms with van der Waals surface area (Å²) in [6.07, 6.45) is 0. The molecule has 6 heteroatoms. The van der Waals surface area contributed by atoms with Gasteiger partial charge in [-0.25, -0.2) is 12.8 Å². The van der Waals surface area contributed by atoms with Gasteiger partial charge in [-0.05, 0) is 12.1 Å². The van der Waals surface area contributed by atoms with Gasteiger partial charge in [0.25, 0.3) is 0 Å². The lowest BCUT2D eigenvalue weighted by molar-refractivity contribution is 0.0893. The van der Waals surface area contributed by atoms with Crippen LogP contribution in [0.5, 0.6) is 0 Å². The summed E-state index contributed by atoms with van der Waals surface area (Å²) in [5.41, 5.74) is 0.102. The quantitative estimate of drug-likeness (QED) is 0.788. The summed E-state index contributed by atoms with van der Waals surface area (Å²) in [6.45, 7) is 3.09. The predicted octanol–water partition coefficient (Wildman–Crippen LogP) is 1.37. The van der Waals surface area contributed by atoms with Gasteiger partial charge in [-0.2, -0.15) is 0 Å². The number of hydrogen-bond acceptors (Lipinski definition) is 4. The molecule has 1 atom stereocenters. The standard InChI is InChI=1S/C14H18FNO3S/c1-11(10-16-6-8-20(18,19)9-7-16)14(17)12-4-2-3-5-13(12)15/h2-5,11H,6-10H2,1H3. The molecule has 1 aliphatic heterocycles. The zero-order valence-corrected chi connectivity index (χ0v) is 12.2. The van der Waals surface area contributed by atoms with Gasteiger partial charge in [-0.1, -0.05) is 19.1 Å². The van der Waals surface area contributed by atoms with E-state index < -0.39 is 15.7 Å². The first-order valence-corrected chi connectivity index (χ1v) is 8.43. The third kappa shape index (κ3) is 3.64. The zero-order valence-electron chi connectivity index (χ0n) is 11.4. The number of rotatable bonds is 4. The fraction of sp³-hybridized carbons (Fsp3) is 0.500. The third-order valence-corrected chi connectivity index (χ3v) is 5.17. The van der Waals surface area contributed by atoms with Crippen LogP contribution < -0.4 is 0 Å². The zero-order chi connectivity index (χ0) is 14.8. The van der Waals surface area contributed by atoms with Crippen LogP contribution in [0.2, 0.25) is 0 Å². The molecule has 0 N–H and O–H groups in total. The SMILES string of the molecule is CC(CN1CCS(=O)(=O)CC1)C(=O)c1ccccc1F. The van der Waals surface area contributed by atoms with Crippen molar-refractivity contribution < 1.29 is 17.6 Å². The minimum Gasteiger partial charge on any atom is -0.301 e. The van der Waals surface area contributed by atoms with E-state index in [1.54, 1.807) is 19.1 Å². The third-order valence-electron chi connectivity index (χ3n) is 3.56. The topological polar surface area (TPSA) is 54.5 Å². The van der Waals surface area contributed by atoms with Crippen LogP contribution in [0.4, 0.5) is 4.39 Å². The van der Waals surface area contributed by atoms with Gasteiger partial charge in [-0.3, -0.25) is 4.79 Å². The lowest BCUT2D eigenvalue weighted by Crippen LogP contribution is -2.43. The molecule has 1 heterocycles. The number of halogens is 1. The number of sulfone groups is 1. The van der Waals surface area contributed by atoms with Crippen molar-refractivity contribution in [2.45, 2.75) is 6.92 Å². The van der Waals surface area contributed by atoms with E-state index in [4.69, 9.17) is 0 Å². The molecule has 1 aliphatic rings. The second-order valence-electron chi connectivity index (χ2n) is 5.20. The fourth-order valence-corrected chi connectivity index (χ4v) is 3.61. The van der Waals surface area contributed by atoms with Crippen LogP contribution in [0.25, 0.3) is 0 Å².